The summed E-state index contributed by atoms with van der Waals surface area (Å²) in [6.07, 6.45) is 5.55. The van der Waals surface area contributed by atoms with Crippen molar-refractivity contribution in [2.75, 3.05) is 39.4 Å². The van der Waals surface area contributed by atoms with Crippen LogP contribution in [0.3, 0.4) is 0 Å². The molecule has 2 aromatic heterocycles. The molecule has 0 N–H and O–H groups in total. The summed E-state index contributed by atoms with van der Waals surface area (Å²) in [6, 6.07) is 5.94. The van der Waals surface area contributed by atoms with Crippen molar-refractivity contribution in [2.24, 2.45) is 12.5 Å². The van der Waals surface area contributed by atoms with Gasteiger partial charge < -0.3 is 4.74 Å². The summed E-state index contributed by atoms with van der Waals surface area (Å²) in [6.45, 7) is 4.87. The highest BCUT2D eigenvalue weighted by atomic mass is 32.2. The van der Waals surface area contributed by atoms with Crippen LogP contribution in [0.1, 0.15) is 12.8 Å². The van der Waals surface area contributed by atoms with Crippen LogP contribution >= 0.6 is 0 Å². The topological polar surface area (TPSA) is 80.6 Å². The van der Waals surface area contributed by atoms with Crippen molar-refractivity contribution in [3.63, 3.8) is 0 Å². The summed E-state index contributed by atoms with van der Waals surface area (Å²) in [5.41, 5.74) is 1.57. The summed E-state index contributed by atoms with van der Waals surface area (Å²) in [5.74, 6) is 0. The third kappa shape index (κ3) is 2.97. The number of aryl methyl sites for hydroxylation is 1. The number of rotatable bonds is 4. The van der Waals surface area contributed by atoms with Crippen molar-refractivity contribution in [1.82, 2.24) is 24.0 Å². The zero-order valence-electron chi connectivity index (χ0n) is 16.0. The molecule has 0 saturated carbocycles. The lowest BCUT2D eigenvalue weighted by Crippen LogP contribution is -2.74. The van der Waals surface area contributed by atoms with Gasteiger partial charge in [-0.2, -0.15) is 9.40 Å². The van der Waals surface area contributed by atoms with Gasteiger partial charge >= 0.3 is 0 Å². The fourth-order valence-electron chi connectivity index (χ4n) is 4.67. The second kappa shape index (κ2) is 6.62. The molecule has 0 radical (unpaired) electrons. The Morgan fingerprint density at radius 1 is 1.18 bits per heavy atom. The van der Waals surface area contributed by atoms with Crippen LogP contribution in [0.5, 0.6) is 0 Å². The number of likely N-dealkylation sites (tertiary alicyclic amines) is 1. The van der Waals surface area contributed by atoms with E-state index in [4.69, 9.17) is 4.74 Å². The fraction of sp³-hybridized carbons (Fsp3) is 0.579. The highest BCUT2D eigenvalue weighted by Gasteiger charge is 2.56. The van der Waals surface area contributed by atoms with Gasteiger partial charge in [0.2, 0.25) is 0 Å². The molecule has 0 unspecified atom stereocenters. The summed E-state index contributed by atoms with van der Waals surface area (Å²) in [5, 5.41) is 4.62. The minimum atomic E-state index is -3.53. The van der Waals surface area contributed by atoms with Gasteiger partial charge in [0.1, 0.15) is 0 Å². The van der Waals surface area contributed by atoms with Crippen molar-refractivity contribution < 1.29 is 13.2 Å². The van der Waals surface area contributed by atoms with Gasteiger partial charge in [0.15, 0.2) is 5.03 Å². The molecule has 3 aliphatic rings. The molecule has 0 bridgehead atoms. The summed E-state index contributed by atoms with van der Waals surface area (Å²) >= 11 is 0. The fourth-order valence-corrected chi connectivity index (χ4v) is 6.46. The van der Waals surface area contributed by atoms with Gasteiger partial charge in [-0.3, -0.25) is 14.6 Å². The van der Waals surface area contributed by atoms with Gasteiger partial charge in [-0.1, -0.05) is 0 Å². The average molecular weight is 404 g/mol. The van der Waals surface area contributed by atoms with Crippen LogP contribution in [0.25, 0.3) is 11.3 Å². The van der Waals surface area contributed by atoms with E-state index in [1.807, 2.05) is 12.1 Å². The first-order valence-electron chi connectivity index (χ1n) is 9.73. The number of hydrogen-bond acceptors (Lipinski definition) is 6. The maximum Gasteiger partial charge on any atom is 0.260 e. The zero-order valence-corrected chi connectivity index (χ0v) is 16.8. The molecule has 3 saturated heterocycles. The molecule has 8 nitrogen and oxygen atoms in total. The Morgan fingerprint density at radius 3 is 2.61 bits per heavy atom. The predicted octanol–water partition coefficient (Wildman–Crippen LogP) is 0.967. The Bertz CT molecular complexity index is 955. The molecule has 3 fully saturated rings. The molecule has 0 amide bonds. The van der Waals surface area contributed by atoms with Crippen molar-refractivity contribution >= 4 is 10.0 Å². The van der Waals surface area contributed by atoms with Crippen LogP contribution in [0, 0.1) is 5.41 Å². The summed E-state index contributed by atoms with van der Waals surface area (Å²) in [4.78, 5) is 6.58. The largest absolute Gasteiger partial charge is 0.381 e. The molecule has 0 aliphatic carbocycles. The average Bonchev–Trinajstić information content (AvgIpc) is 3.04. The van der Waals surface area contributed by atoms with Crippen LogP contribution in [0.2, 0.25) is 0 Å². The Balaban J connectivity index is 1.26. The first-order chi connectivity index (χ1) is 13.5. The first kappa shape index (κ1) is 18.2. The number of ether oxygens (including phenoxy) is 1. The first-order valence-corrected chi connectivity index (χ1v) is 11.2. The van der Waals surface area contributed by atoms with E-state index in [2.05, 4.69) is 15.0 Å². The van der Waals surface area contributed by atoms with Crippen molar-refractivity contribution in [1.29, 1.82) is 0 Å². The second-order valence-electron chi connectivity index (χ2n) is 8.25. The minimum absolute atomic E-state index is 0.135. The Hall–Kier alpha value is -1.81. The third-order valence-corrected chi connectivity index (χ3v) is 8.05. The van der Waals surface area contributed by atoms with Gasteiger partial charge in [0.05, 0.1) is 5.69 Å². The number of nitrogens with zero attached hydrogens (tertiary/aromatic N) is 5. The van der Waals surface area contributed by atoms with E-state index in [9.17, 15) is 8.42 Å². The molecule has 2 aromatic rings. The van der Waals surface area contributed by atoms with Gasteiger partial charge in [0.25, 0.3) is 10.0 Å². The van der Waals surface area contributed by atoms with Crippen molar-refractivity contribution in [2.45, 2.75) is 23.9 Å². The molecule has 3 aliphatic heterocycles. The van der Waals surface area contributed by atoms with E-state index in [1.165, 1.54) is 4.68 Å². The molecule has 9 heteroatoms. The monoisotopic (exact) mass is 403 g/mol. The number of pyridine rings is 1. The van der Waals surface area contributed by atoms with Crippen LogP contribution in [0.4, 0.5) is 0 Å². The minimum Gasteiger partial charge on any atom is -0.381 e. The lowest BCUT2D eigenvalue weighted by Gasteiger charge is -2.61. The van der Waals surface area contributed by atoms with E-state index in [0.29, 0.717) is 24.8 Å². The van der Waals surface area contributed by atoms with Crippen LogP contribution in [-0.4, -0.2) is 77.8 Å². The molecule has 5 heterocycles. The Labute approximate surface area is 165 Å². The van der Waals surface area contributed by atoms with Crippen molar-refractivity contribution in [3.8, 4) is 11.3 Å². The van der Waals surface area contributed by atoms with Crippen molar-refractivity contribution in [3.05, 3.63) is 30.6 Å². The van der Waals surface area contributed by atoms with Crippen LogP contribution < -0.4 is 0 Å². The second-order valence-corrected chi connectivity index (χ2v) is 10.1. The molecule has 150 valence electrons. The van der Waals surface area contributed by atoms with E-state index >= 15 is 0 Å². The highest BCUT2D eigenvalue weighted by Crippen LogP contribution is 2.44. The van der Waals surface area contributed by atoms with Gasteiger partial charge in [0, 0.05) is 81.9 Å². The smallest absolute Gasteiger partial charge is 0.260 e. The van der Waals surface area contributed by atoms with Gasteiger partial charge in [-0.25, -0.2) is 8.42 Å². The van der Waals surface area contributed by atoms with Gasteiger partial charge in [-0.05, 0) is 25.0 Å². The zero-order chi connectivity index (χ0) is 19.4. The molecule has 5 rings (SSSR count). The lowest BCUT2D eigenvalue weighted by atomic mass is 9.73. The van der Waals surface area contributed by atoms with E-state index < -0.39 is 10.0 Å². The third-order valence-electron chi connectivity index (χ3n) is 6.21. The lowest BCUT2D eigenvalue weighted by molar-refractivity contribution is -0.116. The van der Waals surface area contributed by atoms with Crippen LogP contribution in [0.15, 0.2) is 35.6 Å². The molecular formula is C19H25N5O3S. The molecule has 1 spiro atoms. The quantitative estimate of drug-likeness (QED) is 0.757. The summed E-state index contributed by atoms with van der Waals surface area (Å²) in [7, 11) is -1.86. The number of sulfonamides is 1. The maximum absolute atomic E-state index is 13.1. The number of hydrogen-bond donors (Lipinski definition) is 0. The SMILES string of the molecule is Cn1nc(-c2cccnc2)cc1S(=O)(=O)N1CC2(CN(C3CCOCC3)C2)C1. The molecule has 0 aromatic carbocycles. The van der Waals surface area contributed by atoms with Crippen LogP contribution in [-0.2, 0) is 21.8 Å². The standard InChI is InChI=1S/C19H25N5O3S/c1-22-18(9-17(21-22)15-3-2-6-20-10-15)28(25,26)24-13-19(14-24)11-23(12-19)16-4-7-27-8-5-16/h2-3,6,9-10,16H,4-5,7-8,11-14H2,1H3. The van der Waals surface area contributed by atoms with E-state index in [1.54, 1.807) is 29.8 Å². The Morgan fingerprint density at radius 2 is 1.93 bits per heavy atom. The molecule has 28 heavy (non-hydrogen) atoms. The maximum atomic E-state index is 13.1. The Kier molecular flexibility index (Phi) is 4.31. The summed E-state index contributed by atoms with van der Waals surface area (Å²) < 4.78 is 34.7. The van der Waals surface area contributed by atoms with E-state index in [0.717, 1.165) is 44.7 Å². The predicted molar refractivity (Wildman–Crippen MR) is 103 cm³/mol. The molecule has 0 atom stereocenters. The van der Waals surface area contributed by atoms with Gasteiger partial charge in [-0.15, -0.1) is 0 Å². The highest BCUT2D eigenvalue weighted by molar-refractivity contribution is 7.89. The molecular weight excluding hydrogens is 378 g/mol. The van der Waals surface area contributed by atoms with E-state index in [-0.39, 0.29) is 10.4 Å². The number of aromatic nitrogens is 3. The normalized spacial score (nSPS) is 23.5.